The first-order chi connectivity index (χ1) is 14.8. The fraction of sp³-hybridized carbons (Fsp3) is 0.478. The number of hydrogen-bond donors (Lipinski definition) is 0. The minimum absolute atomic E-state index is 0.0311. The first-order valence-corrected chi connectivity index (χ1v) is 12.6. The summed E-state index contributed by atoms with van der Waals surface area (Å²) in [5, 5.41) is -0.600. The SMILES string of the molecule is O=S(=O)(c1ccc(-c2ccc(F)cc2F)cc1)C(CCCl)C1CCC2(CC1)OCCO2. The molecule has 0 amide bonds. The fourth-order valence-electron chi connectivity index (χ4n) is 4.71. The number of ether oxygens (including phenoxy) is 2. The van der Waals surface area contributed by atoms with Crippen LogP contribution in [0.15, 0.2) is 47.4 Å². The van der Waals surface area contributed by atoms with Gasteiger partial charge in [0.2, 0.25) is 0 Å². The van der Waals surface area contributed by atoms with Gasteiger partial charge in [-0.05, 0) is 55.0 Å². The monoisotopic (exact) mass is 470 g/mol. The minimum atomic E-state index is -3.63. The molecule has 0 aromatic heterocycles. The maximum absolute atomic E-state index is 14.1. The van der Waals surface area contributed by atoms with E-state index in [0.29, 0.717) is 50.9 Å². The van der Waals surface area contributed by atoms with Gasteiger partial charge in [0.15, 0.2) is 15.6 Å². The molecule has 4 nitrogen and oxygen atoms in total. The molecule has 1 saturated heterocycles. The predicted molar refractivity (Wildman–Crippen MR) is 115 cm³/mol. The van der Waals surface area contributed by atoms with Crippen molar-refractivity contribution in [3.63, 3.8) is 0 Å². The van der Waals surface area contributed by atoms with Gasteiger partial charge < -0.3 is 9.47 Å². The summed E-state index contributed by atoms with van der Waals surface area (Å²) in [5.74, 6) is -1.68. The Hall–Kier alpha value is -1.54. The second-order valence-electron chi connectivity index (χ2n) is 8.15. The zero-order valence-electron chi connectivity index (χ0n) is 17.0. The number of hydrogen-bond acceptors (Lipinski definition) is 4. The molecule has 0 bridgehead atoms. The molecule has 1 heterocycles. The number of rotatable bonds is 6. The third-order valence-electron chi connectivity index (χ3n) is 6.35. The van der Waals surface area contributed by atoms with Crippen molar-refractivity contribution in [2.24, 2.45) is 5.92 Å². The molecule has 1 aliphatic heterocycles. The van der Waals surface area contributed by atoms with Gasteiger partial charge in [-0.2, -0.15) is 0 Å². The van der Waals surface area contributed by atoms with E-state index in [0.717, 1.165) is 6.07 Å². The molecule has 2 aromatic carbocycles. The van der Waals surface area contributed by atoms with Crippen LogP contribution < -0.4 is 0 Å². The molecular formula is C23H25ClF2O4S. The summed E-state index contributed by atoms with van der Waals surface area (Å²) in [5.41, 5.74) is 0.706. The molecule has 2 aromatic rings. The molecule has 2 aliphatic rings. The Morgan fingerprint density at radius 3 is 2.26 bits per heavy atom. The molecule has 8 heteroatoms. The van der Waals surface area contributed by atoms with E-state index >= 15 is 0 Å². The summed E-state index contributed by atoms with van der Waals surface area (Å²) < 4.78 is 65.7. The van der Waals surface area contributed by atoms with Crippen LogP contribution in [0.3, 0.4) is 0 Å². The molecule has 1 spiro atoms. The van der Waals surface area contributed by atoms with Gasteiger partial charge in [0.05, 0.1) is 23.4 Å². The van der Waals surface area contributed by atoms with Crippen LogP contribution in [0.5, 0.6) is 0 Å². The molecule has 0 radical (unpaired) electrons. The van der Waals surface area contributed by atoms with E-state index in [2.05, 4.69) is 0 Å². The van der Waals surface area contributed by atoms with Crippen molar-refractivity contribution in [1.82, 2.24) is 0 Å². The average molecular weight is 471 g/mol. The lowest BCUT2D eigenvalue weighted by atomic mass is 9.82. The lowest BCUT2D eigenvalue weighted by Crippen LogP contribution is -2.40. The molecule has 168 valence electrons. The highest BCUT2D eigenvalue weighted by molar-refractivity contribution is 7.92. The van der Waals surface area contributed by atoms with E-state index in [1.54, 1.807) is 12.1 Å². The summed E-state index contributed by atoms with van der Waals surface area (Å²) in [4.78, 5) is 0.183. The Bertz CT molecular complexity index is 1010. The maximum atomic E-state index is 14.1. The predicted octanol–water partition coefficient (Wildman–Crippen LogP) is 5.34. The van der Waals surface area contributed by atoms with Crippen molar-refractivity contribution in [2.75, 3.05) is 19.1 Å². The van der Waals surface area contributed by atoms with Gasteiger partial charge >= 0.3 is 0 Å². The Labute approximate surface area is 186 Å². The van der Waals surface area contributed by atoms with Gasteiger partial charge in [0, 0.05) is 30.4 Å². The van der Waals surface area contributed by atoms with Crippen LogP contribution in [0.1, 0.15) is 32.1 Å². The zero-order chi connectivity index (χ0) is 22.1. The molecule has 1 unspecified atom stereocenters. The molecule has 1 saturated carbocycles. The van der Waals surface area contributed by atoms with Gasteiger partial charge in [-0.3, -0.25) is 0 Å². The van der Waals surface area contributed by atoms with Crippen molar-refractivity contribution in [2.45, 2.75) is 48.0 Å². The fourth-order valence-corrected chi connectivity index (χ4v) is 7.15. The quantitative estimate of drug-likeness (QED) is 0.535. The Morgan fingerprint density at radius 1 is 1.03 bits per heavy atom. The zero-order valence-corrected chi connectivity index (χ0v) is 18.6. The smallest absolute Gasteiger partial charge is 0.181 e. The second-order valence-corrected chi connectivity index (χ2v) is 10.7. The van der Waals surface area contributed by atoms with E-state index < -0.39 is 32.5 Å². The van der Waals surface area contributed by atoms with Crippen molar-refractivity contribution >= 4 is 21.4 Å². The van der Waals surface area contributed by atoms with Crippen LogP contribution >= 0.6 is 11.6 Å². The van der Waals surface area contributed by atoms with E-state index in [-0.39, 0.29) is 22.3 Å². The number of sulfone groups is 1. The highest BCUT2D eigenvalue weighted by Gasteiger charge is 2.44. The third-order valence-corrected chi connectivity index (χ3v) is 8.91. The largest absolute Gasteiger partial charge is 0.348 e. The van der Waals surface area contributed by atoms with E-state index in [1.807, 2.05) is 0 Å². The van der Waals surface area contributed by atoms with Gasteiger partial charge in [0.1, 0.15) is 11.6 Å². The normalized spacial score (nSPS) is 20.2. The van der Waals surface area contributed by atoms with Gasteiger partial charge in [-0.1, -0.05) is 12.1 Å². The van der Waals surface area contributed by atoms with Gasteiger partial charge in [-0.15, -0.1) is 11.6 Å². The van der Waals surface area contributed by atoms with Crippen LogP contribution in [0.25, 0.3) is 11.1 Å². The number of benzene rings is 2. The topological polar surface area (TPSA) is 52.6 Å². The molecular weight excluding hydrogens is 446 g/mol. The average Bonchev–Trinajstić information content (AvgIpc) is 3.21. The number of halogens is 3. The van der Waals surface area contributed by atoms with E-state index in [4.69, 9.17) is 21.1 Å². The van der Waals surface area contributed by atoms with E-state index in [9.17, 15) is 17.2 Å². The lowest BCUT2D eigenvalue weighted by molar-refractivity contribution is -0.182. The van der Waals surface area contributed by atoms with Crippen LogP contribution in [-0.4, -0.2) is 38.5 Å². The van der Waals surface area contributed by atoms with Crippen LogP contribution in [0.4, 0.5) is 8.78 Å². The summed E-state index contributed by atoms with van der Waals surface area (Å²) in [6.45, 7) is 1.16. The third kappa shape index (κ3) is 4.65. The molecule has 1 aliphatic carbocycles. The van der Waals surface area contributed by atoms with Gasteiger partial charge in [0.25, 0.3) is 0 Å². The van der Waals surface area contributed by atoms with E-state index in [1.165, 1.54) is 24.3 Å². The number of alkyl halides is 1. The molecule has 2 fully saturated rings. The van der Waals surface area contributed by atoms with Crippen LogP contribution in [0.2, 0.25) is 0 Å². The molecule has 1 atom stereocenters. The van der Waals surface area contributed by atoms with Crippen molar-refractivity contribution in [3.05, 3.63) is 54.1 Å². The standard InChI is InChI=1S/C23H25ClF2O4S/c24-12-9-22(17-7-10-23(11-8-17)29-13-14-30-23)31(27,28)19-4-1-16(2-5-19)20-6-3-18(25)15-21(20)26/h1-6,15,17,22H,7-14H2. The minimum Gasteiger partial charge on any atom is -0.348 e. The maximum Gasteiger partial charge on any atom is 0.181 e. The molecule has 0 N–H and O–H groups in total. The first kappa shape index (κ1) is 22.6. The highest BCUT2D eigenvalue weighted by atomic mass is 35.5. The Kier molecular flexibility index (Phi) is 6.68. The van der Waals surface area contributed by atoms with Crippen molar-refractivity contribution < 1.29 is 26.7 Å². The highest BCUT2D eigenvalue weighted by Crippen LogP contribution is 2.42. The molecule has 31 heavy (non-hydrogen) atoms. The molecule has 4 rings (SSSR count). The Morgan fingerprint density at radius 2 is 1.68 bits per heavy atom. The van der Waals surface area contributed by atoms with Gasteiger partial charge in [-0.25, -0.2) is 17.2 Å². The summed E-state index contributed by atoms with van der Waals surface area (Å²) in [7, 11) is -3.63. The van der Waals surface area contributed by atoms with Crippen LogP contribution in [-0.2, 0) is 19.3 Å². The van der Waals surface area contributed by atoms with Crippen molar-refractivity contribution in [1.29, 1.82) is 0 Å². The second kappa shape index (κ2) is 9.14. The lowest BCUT2D eigenvalue weighted by Gasteiger charge is -2.38. The Balaban J connectivity index is 1.55. The summed E-state index contributed by atoms with van der Waals surface area (Å²) >= 11 is 5.98. The summed E-state index contributed by atoms with van der Waals surface area (Å²) in [6, 6.07) is 9.41. The summed E-state index contributed by atoms with van der Waals surface area (Å²) in [6.07, 6.45) is 3.10. The van der Waals surface area contributed by atoms with Crippen molar-refractivity contribution in [3.8, 4) is 11.1 Å². The first-order valence-electron chi connectivity index (χ1n) is 10.5. The van der Waals surface area contributed by atoms with Crippen LogP contribution in [0, 0.1) is 17.6 Å².